The van der Waals surface area contributed by atoms with Crippen LogP contribution in [0.4, 0.5) is 0 Å². The van der Waals surface area contributed by atoms with Crippen LogP contribution in [0.15, 0.2) is 115 Å². The number of ether oxygens (including phenoxy) is 4. The molecule has 6 heteroatoms. The maximum Gasteiger partial charge on any atom is 0.253 e. The van der Waals surface area contributed by atoms with Crippen molar-refractivity contribution in [3.8, 4) is 11.1 Å². The topological polar surface area (TPSA) is 57.2 Å². The molecular formula is C47H61NO5. The number of hydrogen-bond acceptors (Lipinski definition) is 5. The highest BCUT2D eigenvalue weighted by Gasteiger charge is 2.39. The summed E-state index contributed by atoms with van der Waals surface area (Å²) in [5, 5.41) is 0. The molecule has 1 aliphatic carbocycles. The van der Waals surface area contributed by atoms with Gasteiger partial charge in [0.25, 0.3) is 5.91 Å². The summed E-state index contributed by atoms with van der Waals surface area (Å²) in [7, 11) is 0. The Labute approximate surface area is 318 Å². The van der Waals surface area contributed by atoms with E-state index in [1.807, 2.05) is 71.6 Å². The molecule has 0 atom stereocenters. The van der Waals surface area contributed by atoms with Crippen molar-refractivity contribution in [2.24, 2.45) is 17.8 Å². The van der Waals surface area contributed by atoms with E-state index < -0.39 is 0 Å². The summed E-state index contributed by atoms with van der Waals surface area (Å²) in [6.07, 6.45) is 7.96. The average Bonchev–Trinajstić information content (AvgIpc) is 3.69. The normalized spacial score (nSPS) is 21.2. The van der Waals surface area contributed by atoms with Crippen LogP contribution < -0.4 is 0 Å². The molecule has 3 heterocycles. The van der Waals surface area contributed by atoms with Gasteiger partial charge in [-0.05, 0) is 72.8 Å². The van der Waals surface area contributed by atoms with Gasteiger partial charge in [-0.15, -0.1) is 0 Å². The molecule has 0 bridgehead atoms. The van der Waals surface area contributed by atoms with Crippen LogP contribution in [-0.2, 0) is 25.4 Å². The molecule has 3 aliphatic heterocycles. The Morgan fingerprint density at radius 1 is 0.642 bits per heavy atom. The van der Waals surface area contributed by atoms with Gasteiger partial charge in [0.2, 0.25) is 0 Å². The van der Waals surface area contributed by atoms with Crippen LogP contribution >= 0.6 is 0 Å². The van der Waals surface area contributed by atoms with Gasteiger partial charge in [0.1, 0.15) is 0 Å². The largest absolute Gasteiger partial charge is 0.348 e. The quantitative estimate of drug-likeness (QED) is 0.210. The fourth-order valence-electron chi connectivity index (χ4n) is 6.97. The number of carbonyl (C=O) groups excluding carboxylic acids is 1. The Bertz CT molecular complexity index is 1580. The highest BCUT2D eigenvalue weighted by molar-refractivity contribution is 5.94. The van der Waals surface area contributed by atoms with E-state index in [1.54, 1.807) is 0 Å². The van der Waals surface area contributed by atoms with Crippen molar-refractivity contribution in [1.82, 2.24) is 4.90 Å². The molecule has 0 N–H and O–H groups in total. The molecule has 53 heavy (non-hydrogen) atoms. The maximum absolute atomic E-state index is 12.0. The van der Waals surface area contributed by atoms with Crippen LogP contribution in [0, 0.1) is 17.8 Å². The Morgan fingerprint density at radius 2 is 1.17 bits per heavy atom. The van der Waals surface area contributed by atoms with Crippen molar-refractivity contribution in [2.45, 2.75) is 84.7 Å². The molecule has 4 fully saturated rings. The third-order valence-corrected chi connectivity index (χ3v) is 10.5. The lowest BCUT2D eigenvalue weighted by atomic mass is 9.86. The number of amides is 1. The molecule has 4 aromatic carbocycles. The number of hydrogen-bond donors (Lipinski definition) is 0. The molecule has 284 valence electrons. The summed E-state index contributed by atoms with van der Waals surface area (Å²) in [6, 6.07) is 38.8. The van der Waals surface area contributed by atoms with Gasteiger partial charge in [0.05, 0.1) is 26.4 Å². The zero-order valence-corrected chi connectivity index (χ0v) is 32.5. The Morgan fingerprint density at radius 3 is 1.75 bits per heavy atom. The molecule has 8 rings (SSSR count). The minimum absolute atomic E-state index is 0.146. The molecule has 0 radical (unpaired) electrons. The molecule has 6 nitrogen and oxygen atoms in total. The van der Waals surface area contributed by atoms with Crippen LogP contribution in [-0.4, -0.2) is 56.1 Å². The minimum atomic E-state index is -0.155. The van der Waals surface area contributed by atoms with Gasteiger partial charge in [0, 0.05) is 43.0 Å². The molecular weight excluding hydrogens is 659 g/mol. The SMILES string of the molecule is CC1CCC2(CC1)OCCO2.CC1CCN(C(=O)c2ccccc2)CC1.CC1COC(c2ccccc2)OC1.CCc1cccc(-c2ccccc2)c1. The van der Waals surface area contributed by atoms with Crippen LogP contribution in [0.1, 0.15) is 94.0 Å². The number of nitrogens with zero attached hydrogens (tertiary/aromatic N) is 1. The molecule has 0 unspecified atom stereocenters. The Hall–Kier alpha value is -3.81. The van der Waals surface area contributed by atoms with Crippen molar-refractivity contribution >= 4 is 5.91 Å². The Kier molecular flexibility index (Phi) is 16.1. The monoisotopic (exact) mass is 719 g/mol. The van der Waals surface area contributed by atoms with Gasteiger partial charge >= 0.3 is 0 Å². The van der Waals surface area contributed by atoms with Crippen molar-refractivity contribution in [3.05, 3.63) is 132 Å². The molecule has 3 saturated heterocycles. The number of aryl methyl sites for hydroxylation is 1. The second-order valence-corrected chi connectivity index (χ2v) is 15.1. The van der Waals surface area contributed by atoms with Crippen molar-refractivity contribution < 1.29 is 23.7 Å². The van der Waals surface area contributed by atoms with Gasteiger partial charge in [-0.1, -0.05) is 131 Å². The lowest BCUT2D eigenvalue weighted by molar-refractivity contribution is -0.202. The average molecular weight is 720 g/mol. The number of benzene rings is 4. The lowest BCUT2D eigenvalue weighted by Gasteiger charge is -2.33. The van der Waals surface area contributed by atoms with E-state index in [1.165, 1.54) is 29.5 Å². The van der Waals surface area contributed by atoms with Crippen LogP contribution in [0.25, 0.3) is 11.1 Å². The lowest BCUT2D eigenvalue weighted by Crippen LogP contribution is -2.37. The van der Waals surface area contributed by atoms with Crippen LogP contribution in [0.3, 0.4) is 0 Å². The second kappa shape index (κ2) is 21.2. The third kappa shape index (κ3) is 12.9. The number of piperidine rings is 1. The van der Waals surface area contributed by atoms with Crippen molar-refractivity contribution in [1.29, 1.82) is 0 Å². The maximum atomic E-state index is 12.0. The zero-order valence-electron chi connectivity index (χ0n) is 32.5. The van der Waals surface area contributed by atoms with E-state index in [4.69, 9.17) is 18.9 Å². The van der Waals surface area contributed by atoms with Gasteiger partial charge < -0.3 is 23.8 Å². The van der Waals surface area contributed by atoms with Crippen LogP contribution in [0.2, 0.25) is 0 Å². The van der Waals surface area contributed by atoms with Gasteiger partial charge in [-0.25, -0.2) is 0 Å². The number of rotatable bonds is 4. The van der Waals surface area contributed by atoms with E-state index in [-0.39, 0.29) is 18.0 Å². The first kappa shape index (κ1) is 40.4. The minimum Gasteiger partial charge on any atom is -0.348 e. The highest BCUT2D eigenvalue weighted by Crippen LogP contribution is 2.37. The number of carbonyl (C=O) groups is 1. The summed E-state index contributed by atoms with van der Waals surface area (Å²) >= 11 is 0. The molecule has 1 saturated carbocycles. The zero-order chi connectivity index (χ0) is 37.3. The molecule has 4 aromatic rings. The summed E-state index contributed by atoms with van der Waals surface area (Å²) in [5.74, 6) is 2.19. The first-order valence-corrected chi connectivity index (χ1v) is 19.9. The van der Waals surface area contributed by atoms with Gasteiger partial charge in [-0.3, -0.25) is 4.79 Å². The van der Waals surface area contributed by atoms with E-state index >= 15 is 0 Å². The van der Waals surface area contributed by atoms with Gasteiger partial charge in [0.15, 0.2) is 12.1 Å². The summed E-state index contributed by atoms with van der Waals surface area (Å²) < 4.78 is 22.3. The molecule has 1 amide bonds. The first-order chi connectivity index (χ1) is 25.8. The molecule has 0 aromatic heterocycles. The van der Waals surface area contributed by atoms with E-state index in [9.17, 15) is 4.79 Å². The molecule has 4 aliphatic rings. The van der Waals surface area contributed by atoms with Gasteiger partial charge in [-0.2, -0.15) is 0 Å². The molecule has 1 spiro atoms. The number of likely N-dealkylation sites (tertiary alicyclic amines) is 1. The van der Waals surface area contributed by atoms with Crippen LogP contribution in [0.5, 0.6) is 0 Å². The fourth-order valence-corrected chi connectivity index (χ4v) is 6.97. The predicted octanol–water partition coefficient (Wildman–Crippen LogP) is 10.8. The smallest absolute Gasteiger partial charge is 0.253 e. The summed E-state index contributed by atoms with van der Waals surface area (Å²) in [4.78, 5) is 14.0. The summed E-state index contributed by atoms with van der Waals surface area (Å²) in [6.45, 7) is 13.9. The highest BCUT2D eigenvalue weighted by atomic mass is 16.7. The fraction of sp³-hybridized carbons (Fsp3) is 0.468. The predicted molar refractivity (Wildman–Crippen MR) is 215 cm³/mol. The van der Waals surface area contributed by atoms with E-state index in [0.717, 1.165) is 94.6 Å². The second-order valence-electron chi connectivity index (χ2n) is 15.1. The van der Waals surface area contributed by atoms with E-state index in [0.29, 0.717) is 5.92 Å². The third-order valence-electron chi connectivity index (χ3n) is 10.5. The standard InChI is InChI=1S/C14H14.C13H17NO.C11H14O2.C9H16O2/c1-2-12-7-6-10-14(11-12)13-8-4-3-5-9-13;1-11-7-9-14(10-8-11)13(15)12-5-3-2-4-6-12;1-9-7-12-11(13-8-9)10-5-3-2-4-6-10;1-8-2-4-9(5-3-8)10-6-7-11-9/h3-11H,2H2,1H3;2-6,11H,7-10H2,1H3;2-6,9,11H,7-8H2,1H3;8H,2-7H2,1H3. The summed E-state index contributed by atoms with van der Waals surface area (Å²) in [5.41, 5.74) is 5.92. The Balaban J connectivity index is 0.000000137. The van der Waals surface area contributed by atoms with Crippen molar-refractivity contribution in [3.63, 3.8) is 0 Å². The first-order valence-electron chi connectivity index (χ1n) is 19.9. The van der Waals surface area contributed by atoms with E-state index in [2.05, 4.69) is 76.2 Å². The van der Waals surface area contributed by atoms with Crippen molar-refractivity contribution in [2.75, 3.05) is 39.5 Å².